The zero-order valence-corrected chi connectivity index (χ0v) is 23.0. The number of urea groups is 1. The lowest BCUT2D eigenvalue weighted by molar-refractivity contribution is 0.246. The summed E-state index contributed by atoms with van der Waals surface area (Å²) in [4.78, 5) is 21.9. The molecule has 2 N–H and O–H groups in total. The summed E-state index contributed by atoms with van der Waals surface area (Å²) >= 11 is 0. The Kier molecular flexibility index (Phi) is 8.26. The first-order valence-corrected chi connectivity index (χ1v) is 14.1. The molecule has 0 saturated heterocycles. The first kappa shape index (κ1) is 27.1. The van der Waals surface area contributed by atoms with Gasteiger partial charge in [0.25, 0.3) is 10.0 Å². The van der Waals surface area contributed by atoms with Crippen molar-refractivity contribution < 1.29 is 13.2 Å². The fourth-order valence-electron chi connectivity index (χ4n) is 4.24. The number of benzene rings is 2. The second kappa shape index (κ2) is 11.6. The Labute approximate surface area is 223 Å². The summed E-state index contributed by atoms with van der Waals surface area (Å²) in [5, 5.41) is 2.62. The highest BCUT2D eigenvalue weighted by Crippen LogP contribution is 2.24. The largest absolute Gasteiger partial charge is 0.337 e. The number of hydrogen-bond acceptors (Lipinski definition) is 5. The van der Waals surface area contributed by atoms with Crippen LogP contribution in [0.4, 0.5) is 4.79 Å². The molecule has 4 aromatic rings. The molecule has 0 fully saturated rings. The van der Waals surface area contributed by atoms with E-state index in [-0.39, 0.29) is 11.4 Å². The molecular formula is C29H33N5O3S. The van der Waals surface area contributed by atoms with E-state index in [1.54, 1.807) is 12.1 Å². The smallest absolute Gasteiger partial charge is 0.328 e. The van der Waals surface area contributed by atoms with Gasteiger partial charge >= 0.3 is 6.03 Å². The van der Waals surface area contributed by atoms with Gasteiger partial charge in [0.1, 0.15) is 11.3 Å². The normalized spacial score (nSPS) is 11.8. The number of nitrogens with one attached hydrogen (secondary N) is 2. The summed E-state index contributed by atoms with van der Waals surface area (Å²) < 4.78 is 28.9. The molecule has 0 atom stereocenters. The fourth-order valence-corrected chi connectivity index (χ4v) is 5.16. The minimum Gasteiger partial charge on any atom is -0.337 e. The highest BCUT2D eigenvalue weighted by atomic mass is 32.2. The third-order valence-electron chi connectivity index (χ3n) is 6.16. The number of sulfonamides is 1. The van der Waals surface area contributed by atoms with Gasteiger partial charge in [-0.1, -0.05) is 48.9 Å². The van der Waals surface area contributed by atoms with Crippen molar-refractivity contribution in [2.45, 2.75) is 51.9 Å². The average molecular weight is 532 g/mol. The molecule has 0 spiro atoms. The molecule has 38 heavy (non-hydrogen) atoms. The van der Waals surface area contributed by atoms with Crippen LogP contribution in [0.3, 0.4) is 0 Å². The standard InChI is InChI=1S/C29H33N5O3S/c1-5-6-7-8-26-32-27-21(3)19-22(4)31-28(27)34(26)24-13-11-23(12-14-24)17-18-30-29(35)33-38(36,37)25-15-9-20(2)10-16-25/h6-7,9-16,19H,5,8,17-18H2,1-4H3,(H2,30,33,35)/b7-6+. The number of carbonyl (C=O) groups excluding carboxylic acids is 1. The van der Waals surface area contributed by atoms with E-state index in [2.05, 4.69) is 40.6 Å². The Bertz CT molecular complexity index is 1570. The maximum atomic E-state index is 12.4. The zero-order chi connectivity index (χ0) is 27.3. The number of amides is 2. The van der Waals surface area contributed by atoms with Crippen LogP contribution >= 0.6 is 0 Å². The van der Waals surface area contributed by atoms with Crippen molar-refractivity contribution in [2.24, 2.45) is 0 Å². The van der Waals surface area contributed by atoms with Crippen molar-refractivity contribution in [3.63, 3.8) is 0 Å². The molecule has 9 heteroatoms. The first-order chi connectivity index (χ1) is 18.2. The first-order valence-electron chi connectivity index (χ1n) is 12.6. The highest BCUT2D eigenvalue weighted by molar-refractivity contribution is 7.90. The van der Waals surface area contributed by atoms with Gasteiger partial charge in [-0.2, -0.15) is 0 Å². The molecule has 8 nitrogen and oxygen atoms in total. The van der Waals surface area contributed by atoms with E-state index in [1.165, 1.54) is 12.1 Å². The topological polar surface area (TPSA) is 106 Å². The lowest BCUT2D eigenvalue weighted by atomic mass is 10.1. The van der Waals surface area contributed by atoms with E-state index in [0.717, 1.165) is 51.5 Å². The molecule has 0 aliphatic carbocycles. The van der Waals surface area contributed by atoms with Crippen molar-refractivity contribution in [3.05, 3.63) is 95.0 Å². The fraction of sp³-hybridized carbons (Fsp3) is 0.276. The molecule has 2 heterocycles. The Balaban J connectivity index is 1.44. The van der Waals surface area contributed by atoms with Crippen molar-refractivity contribution in [1.82, 2.24) is 24.6 Å². The minimum atomic E-state index is -3.92. The van der Waals surface area contributed by atoms with Gasteiger partial charge in [0.2, 0.25) is 0 Å². The van der Waals surface area contributed by atoms with E-state index in [0.29, 0.717) is 12.8 Å². The molecule has 198 valence electrons. The molecule has 0 radical (unpaired) electrons. The van der Waals surface area contributed by atoms with E-state index >= 15 is 0 Å². The number of hydrogen-bond donors (Lipinski definition) is 2. The summed E-state index contributed by atoms with van der Waals surface area (Å²) in [6.45, 7) is 8.30. The second-order valence-corrected chi connectivity index (χ2v) is 11.0. The predicted octanol–water partition coefficient (Wildman–Crippen LogP) is 5.09. The van der Waals surface area contributed by atoms with Gasteiger partial charge in [0, 0.05) is 24.3 Å². The molecule has 2 aromatic carbocycles. The van der Waals surface area contributed by atoms with Crippen LogP contribution in [0.25, 0.3) is 16.9 Å². The number of allylic oxidation sites excluding steroid dienone is 2. The lowest BCUT2D eigenvalue weighted by Gasteiger charge is -2.11. The van der Waals surface area contributed by atoms with Crippen LogP contribution in [0.2, 0.25) is 0 Å². The molecule has 0 aliphatic heterocycles. The van der Waals surface area contributed by atoms with Crippen molar-refractivity contribution in [2.75, 3.05) is 6.54 Å². The predicted molar refractivity (Wildman–Crippen MR) is 150 cm³/mol. The number of pyridine rings is 1. The maximum Gasteiger partial charge on any atom is 0.328 e. The van der Waals surface area contributed by atoms with E-state index < -0.39 is 16.1 Å². The van der Waals surface area contributed by atoms with Crippen molar-refractivity contribution >= 4 is 27.2 Å². The number of carbonyl (C=O) groups is 1. The molecule has 0 bridgehead atoms. The summed E-state index contributed by atoms with van der Waals surface area (Å²) in [5.74, 6) is 0.923. The molecule has 4 rings (SSSR count). The van der Waals surface area contributed by atoms with Gasteiger partial charge in [0.15, 0.2) is 5.65 Å². The summed E-state index contributed by atoms with van der Waals surface area (Å²) in [6, 6.07) is 15.6. The minimum absolute atomic E-state index is 0.0466. The van der Waals surface area contributed by atoms with E-state index in [4.69, 9.17) is 9.97 Å². The number of aryl methyl sites for hydroxylation is 3. The van der Waals surface area contributed by atoms with Crippen LogP contribution < -0.4 is 10.0 Å². The van der Waals surface area contributed by atoms with Gasteiger partial charge < -0.3 is 5.32 Å². The van der Waals surface area contributed by atoms with Crippen molar-refractivity contribution in [3.8, 4) is 5.69 Å². The molecule has 0 unspecified atom stereocenters. The van der Waals surface area contributed by atoms with Gasteiger partial charge in [-0.15, -0.1) is 0 Å². The number of imidazole rings is 1. The molecule has 0 aliphatic rings. The average Bonchev–Trinajstić information content (AvgIpc) is 3.23. The number of fused-ring (bicyclic) bond motifs is 1. The Morgan fingerprint density at radius 3 is 2.37 bits per heavy atom. The number of rotatable bonds is 9. The van der Waals surface area contributed by atoms with Gasteiger partial charge in [-0.3, -0.25) is 4.57 Å². The Morgan fingerprint density at radius 1 is 0.974 bits per heavy atom. The quantitative estimate of drug-likeness (QED) is 0.293. The van der Waals surface area contributed by atoms with Crippen LogP contribution in [0.1, 0.15) is 41.6 Å². The van der Waals surface area contributed by atoms with Crippen LogP contribution in [-0.2, 0) is 22.9 Å². The van der Waals surface area contributed by atoms with Crippen LogP contribution in [0.5, 0.6) is 0 Å². The molecule has 2 amide bonds. The van der Waals surface area contributed by atoms with Gasteiger partial charge in [-0.05, 0) is 75.1 Å². The summed E-state index contributed by atoms with van der Waals surface area (Å²) in [5.41, 5.74) is 6.68. The van der Waals surface area contributed by atoms with Crippen LogP contribution in [-0.4, -0.2) is 35.5 Å². The monoisotopic (exact) mass is 531 g/mol. The number of aromatic nitrogens is 3. The zero-order valence-electron chi connectivity index (χ0n) is 22.2. The molecule has 2 aromatic heterocycles. The number of nitrogens with zero attached hydrogens (tertiary/aromatic N) is 3. The highest BCUT2D eigenvalue weighted by Gasteiger charge is 2.17. The summed E-state index contributed by atoms with van der Waals surface area (Å²) in [7, 11) is -3.92. The van der Waals surface area contributed by atoms with Gasteiger partial charge in [0.05, 0.1) is 4.90 Å². The second-order valence-electron chi connectivity index (χ2n) is 9.29. The maximum absolute atomic E-state index is 12.4. The SMILES string of the molecule is CC/C=C/Cc1nc2c(C)cc(C)nc2n1-c1ccc(CCNC(=O)NS(=O)(=O)c2ccc(C)cc2)cc1. The Hall–Kier alpha value is -3.98. The molecular weight excluding hydrogens is 498 g/mol. The van der Waals surface area contributed by atoms with Crippen LogP contribution in [0, 0.1) is 20.8 Å². The summed E-state index contributed by atoms with van der Waals surface area (Å²) in [6.07, 6.45) is 6.48. The van der Waals surface area contributed by atoms with E-state index in [1.807, 2.05) is 44.2 Å². The lowest BCUT2D eigenvalue weighted by Crippen LogP contribution is -2.40. The third kappa shape index (κ3) is 6.28. The molecule has 0 saturated carbocycles. The van der Waals surface area contributed by atoms with Crippen molar-refractivity contribution in [1.29, 1.82) is 0 Å². The van der Waals surface area contributed by atoms with E-state index in [9.17, 15) is 13.2 Å². The Morgan fingerprint density at radius 2 is 1.68 bits per heavy atom. The van der Waals surface area contributed by atoms with Crippen LogP contribution in [0.15, 0.2) is 71.6 Å². The third-order valence-corrected chi connectivity index (χ3v) is 7.51. The van der Waals surface area contributed by atoms with Gasteiger partial charge in [-0.25, -0.2) is 27.9 Å².